The second-order valence-corrected chi connectivity index (χ2v) is 4.58. The summed E-state index contributed by atoms with van der Waals surface area (Å²) in [4.78, 5) is 11.1. The van der Waals surface area contributed by atoms with Gasteiger partial charge in [0.25, 0.3) is 0 Å². The van der Waals surface area contributed by atoms with Crippen LogP contribution in [-0.2, 0) is 0 Å². The van der Waals surface area contributed by atoms with Crippen molar-refractivity contribution < 1.29 is 14.6 Å². The van der Waals surface area contributed by atoms with E-state index in [9.17, 15) is 4.79 Å². The molecule has 0 aromatic heterocycles. The molecule has 0 saturated heterocycles. The van der Waals surface area contributed by atoms with Gasteiger partial charge < -0.3 is 9.84 Å². The van der Waals surface area contributed by atoms with E-state index in [1.54, 1.807) is 24.3 Å². The molecule has 3 nitrogen and oxygen atoms in total. The lowest BCUT2D eigenvalue weighted by molar-refractivity contribution is 0.0693. The number of rotatable bonds is 5. The van der Waals surface area contributed by atoms with Gasteiger partial charge in [0.05, 0.1) is 0 Å². The van der Waals surface area contributed by atoms with Gasteiger partial charge in [0.15, 0.2) is 0 Å². The van der Waals surface area contributed by atoms with E-state index in [1.807, 2.05) is 18.2 Å². The molecule has 1 N–H and O–H groups in total. The first-order valence-corrected chi connectivity index (χ1v) is 6.35. The first-order chi connectivity index (χ1) is 9.59. The van der Waals surface area contributed by atoms with Crippen LogP contribution in [0.3, 0.4) is 0 Å². The molecule has 0 aliphatic heterocycles. The molecule has 0 aliphatic carbocycles. The number of halogens is 1. The van der Waals surface area contributed by atoms with Gasteiger partial charge in [-0.2, -0.15) is 0 Å². The molecular weight excluding hydrogens is 276 g/mol. The highest BCUT2D eigenvalue weighted by Crippen LogP contribution is 2.24. The summed E-state index contributed by atoms with van der Waals surface area (Å²) in [7, 11) is 0. The molecule has 0 saturated carbocycles. The third-order valence-corrected chi connectivity index (χ3v) is 3.10. The maximum absolute atomic E-state index is 11.1. The number of carboxylic acid groups (broad SMARTS) is 1. The Balaban J connectivity index is 2.12. The second-order valence-electron chi connectivity index (χ2n) is 4.17. The zero-order valence-electron chi connectivity index (χ0n) is 10.7. The van der Waals surface area contributed by atoms with Gasteiger partial charge in [-0.15, -0.1) is 0 Å². The molecule has 2 aromatic carbocycles. The second kappa shape index (κ2) is 6.26. The van der Waals surface area contributed by atoms with E-state index in [0.29, 0.717) is 16.3 Å². The summed E-state index contributed by atoms with van der Waals surface area (Å²) in [6, 6.07) is 13.8. The highest BCUT2D eigenvalue weighted by atomic mass is 35.5. The van der Waals surface area contributed by atoms with Crippen LogP contribution in [0.1, 0.15) is 15.9 Å². The van der Waals surface area contributed by atoms with Crippen LogP contribution in [0.5, 0.6) is 5.75 Å². The molecule has 0 aliphatic rings. The Hall–Kier alpha value is -2.26. The molecule has 0 heterocycles. The van der Waals surface area contributed by atoms with Crippen LogP contribution in [0, 0.1) is 0 Å². The molecule has 0 radical (unpaired) electrons. The van der Waals surface area contributed by atoms with Gasteiger partial charge in [0.2, 0.25) is 0 Å². The highest BCUT2D eigenvalue weighted by Gasteiger charge is 2.11. The minimum absolute atomic E-state index is 0.124. The molecular formula is C16H13ClO3. The fourth-order valence-corrected chi connectivity index (χ4v) is 2.03. The summed E-state index contributed by atoms with van der Waals surface area (Å²) in [5.74, 6) is -0.711. The van der Waals surface area contributed by atoms with Gasteiger partial charge >= 0.3 is 5.97 Å². The number of carbonyl (C=O) groups is 1. The van der Waals surface area contributed by atoms with Crippen LogP contribution in [0.2, 0.25) is 5.02 Å². The molecule has 0 amide bonds. The van der Waals surface area contributed by atoms with Gasteiger partial charge in [-0.3, -0.25) is 0 Å². The molecule has 0 fully saturated rings. The van der Waals surface area contributed by atoms with E-state index in [0.717, 1.165) is 5.56 Å². The Bertz CT molecular complexity index is 650. The molecule has 0 unspecified atom stereocenters. The van der Waals surface area contributed by atoms with Crippen LogP contribution in [0.4, 0.5) is 0 Å². The zero-order chi connectivity index (χ0) is 14.5. The molecule has 102 valence electrons. The number of carboxylic acids is 1. The molecule has 2 rings (SSSR count). The number of hydrogen-bond acceptors (Lipinski definition) is 2. The van der Waals surface area contributed by atoms with Crippen molar-refractivity contribution in [1.82, 2.24) is 0 Å². The van der Waals surface area contributed by atoms with Gasteiger partial charge in [-0.05, 0) is 29.3 Å². The molecule has 0 bridgehead atoms. The fourth-order valence-electron chi connectivity index (χ4n) is 1.76. The van der Waals surface area contributed by atoms with Gasteiger partial charge in [0, 0.05) is 5.02 Å². The topological polar surface area (TPSA) is 46.5 Å². The quantitative estimate of drug-likeness (QED) is 0.900. The summed E-state index contributed by atoms with van der Waals surface area (Å²) in [6.45, 7) is 4.09. The van der Waals surface area contributed by atoms with Crippen molar-refractivity contribution in [1.29, 1.82) is 0 Å². The van der Waals surface area contributed by atoms with Crippen molar-refractivity contribution in [2.24, 2.45) is 0 Å². The average Bonchev–Trinajstić information content (AvgIpc) is 2.45. The summed E-state index contributed by atoms with van der Waals surface area (Å²) < 4.78 is 5.53. The number of benzene rings is 2. The largest absolute Gasteiger partial charge is 0.488 e. The predicted octanol–water partition coefficient (Wildman–Crippen LogP) is 4.13. The minimum Gasteiger partial charge on any atom is -0.488 e. The Morgan fingerprint density at radius 3 is 2.35 bits per heavy atom. The Morgan fingerprint density at radius 2 is 1.70 bits per heavy atom. The van der Waals surface area contributed by atoms with Crippen molar-refractivity contribution >= 4 is 23.1 Å². The van der Waals surface area contributed by atoms with Crippen molar-refractivity contribution in [3.8, 4) is 5.75 Å². The van der Waals surface area contributed by atoms with E-state index in [-0.39, 0.29) is 12.2 Å². The normalized spacial score (nSPS) is 10.1. The van der Waals surface area contributed by atoms with E-state index >= 15 is 0 Å². The van der Waals surface area contributed by atoms with E-state index in [4.69, 9.17) is 21.4 Å². The fraction of sp³-hybridized carbons (Fsp3) is 0.0625. The standard InChI is InChI=1S/C16H13ClO3/c1-11(12-6-2-4-8-14(12)17)10-20-15-9-5-3-7-13(15)16(18)19/h2-9H,1,10H2,(H,18,19). The summed E-state index contributed by atoms with van der Waals surface area (Å²) in [5.41, 5.74) is 1.61. The molecule has 4 heteroatoms. The maximum Gasteiger partial charge on any atom is 0.339 e. The third kappa shape index (κ3) is 3.19. The highest BCUT2D eigenvalue weighted by molar-refractivity contribution is 6.32. The van der Waals surface area contributed by atoms with Gasteiger partial charge in [-0.25, -0.2) is 4.79 Å². The Morgan fingerprint density at radius 1 is 1.10 bits per heavy atom. The van der Waals surface area contributed by atoms with Crippen molar-refractivity contribution in [2.75, 3.05) is 6.61 Å². The molecule has 0 spiro atoms. The van der Waals surface area contributed by atoms with Crippen LogP contribution in [-0.4, -0.2) is 17.7 Å². The zero-order valence-corrected chi connectivity index (χ0v) is 11.4. The average molecular weight is 289 g/mol. The minimum atomic E-state index is -1.02. The van der Waals surface area contributed by atoms with E-state index in [2.05, 4.69) is 6.58 Å². The van der Waals surface area contributed by atoms with Crippen molar-refractivity contribution in [2.45, 2.75) is 0 Å². The van der Waals surface area contributed by atoms with Gasteiger partial charge in [-0.1, -0.05) is 48.5 Å². The smallest absolute Gasteiger partial charge is 0.339 e. The number of hydrogen-bond donors (Lipinski definition) is 1. The van der Waals surface area contributed by atoms with Crippen LogP contribution >= 0.6 is 11.6 Å². The van der Waals surface area contributed by atoms with E-state index in [1.165, 1.54) is 6.07 Å². The van der Waals surface area contributed by atoms with Crippen molar-refractivity contribution in [3.63, 3.8) is 0 Å². The lowest BCUT2D eigenvalue weighted by atomic mass is 10.1. The summed E-state index contributed by atoms with van der Waals surface area (Å²) in [6.07, 6.45) is 0. The Kier molecular flexibility index (Phi) is 4.43. The summed E-state index contributed by atoms with van der Waals surface area (Å²) in [5, 5.41) is 9.66. The monoisotopic (exact) mass is 288 g/mol. The maximum atomic E-state index is 11.1. The summed E-state index contributed by atoms with van der Waals surface area (Å²) >= 11 is 6.07. The van der Waals surface area contributed by atoms with Crippen LogP contribution < -0.4 is 4.74 Å². The lowest BCUT2D eigenvalue weighted by Gasteiger charge is -2.11. The van der Waals surface area contributed by atoms with Crippen LogP contribution in [0.25, 0.3) is 5.57 Å². The molecule has 20 heavy (non-hydrogen) atoms. The number of aromatic carboxylic acids is 1. The van der Waals surface area contributed by atoms with Gasteiger partial charge in [0.1, 0.15) is 17.9 Å². The third-order valence-electron chi connectivity index (χ3n) is 2.77. The van der Waals surface area contributed by atoms with Crippen LogP contribution in [0.15, 0.2) is 55.1 Å². The number of ether oxygens (including phenoxy) is 1. The lowest BCUT2D eigenvalue weighted by Crippen LogP contribution is -2.05. The number of para-hydroxylation sites is 1. The molecule has 2 aromatic rings. The van der Waals surface area contributed by atoms with Crippen molar-refractivity contribution in [3.05, 3.63) is 71.3 Å². The first-order valence-electron chi connectivity index (χ1n) is 5.97. The first kappa shape index (κ1) is 14.2. The Labute approximate surface area is 122 Å². The predicted molar refractivity (Wildman–Crippen MR) is 79.4 cm³/mol. The molecule has 0 atom stereocenters. The van der Waals surface area contributed by atoms with E-state index < -0.39 is 5.97 Å². The SMILES string of the molecule is C=C(COc1ccccc1C(=O)O)c1ccccc1Cl.